The van der Waals surface area contributed by atoms with E-state index in [0.29, 0.717) is 0 Å². The van der Waals surface area contributed by atoms with Crippen LogP contribution in [0, 0.1) is 6.07 Å². The molecule has 0 bridgehead atoms. The average Bonchev–Trinajstić information content (AvgIpc) is 2.25. The van der Waals surface area contributed by atoms with E-state index < -0.39 is 11.8 Å². The van der Waals surface area contributed by atoms with Crippen LogP contribution in [0.2, 0.25) is 0 Å². The molecule has 1 aliphatic rings. The first-order valence-electron chi connectivity index (χ1n) is 3.33. The van der Waals surface area contributed by atoms with Crippen LogP contribution < -0.4 is 5.32 Å². The molecule has 61 valence electrons. The number of anilines is 1. The Hall–Kier alpha value is -1.45. The quantitative estimate of drug-likeness (QED) is 0.625. The molecule has 1 amide bonds. The maximum absolute atomic E-state index is 12.9. The van der Waals surface area contributed by atoms with Gasteiger partial charge in [0.15, 0.2) is 0 Å². The molecule has 4 heteroatoms. The van der Waals surface area contributed by atoms with Crippen LogP contribution in [-0.2, 0) is 10.7 Å². The summed E-state index contributed by atoms with van der Waals surface area (Å²) in [4.78, 5) is 10.7. The van der Waals surface area contributed by atoms with Gasteiger partial charge in [-0.05, 0) is 12.1 Å². The van der Waals surface area contributed by atoms with Crippen molar-refractivity contribution in [1.29, 1.82) is 0 Å². The molecule has 0 spiro atoms. The summed E-state index contributed by atoms with van der Waals surface area (Å²) in [6, 6.07) is 6.65. The highest BCUT2D eigenvalue weighted by Gasteiger charge is 2.48. The molecular formula is C8H4F2NO. The molecule has 0 fully saturated rings. The SMILES string of the molecule is O=C1Nc2ccc[c]c2C1(F)F. The molecular weight excluding hydrogens is 164 g/mol. The number of amides is 1. The van der Waals surface area contributed by atoms with Gasteiger partial charge in [0, 0.05) is 0 Å². The Kier molecular flexibility index (Phi) is 1.22. The molecule has 0 atom stereocenters. The van der Waals surface area contributed by atoms with E-state index in [4.69, 9.17) is 0 Å². The van der Waals surface area contributed by atoms with Gasteiger partial charge in [-0.15, -0.1) is 0 Å². The van der Waals surface area contributed by atoms with Crippen LogP contribution in [0.3, 0.4) is 0 Å². The summed E-state index contributed by atoms with van der Waals surface area (Å²) in [7, 11) is 0. The fourth-order valence-electron chi connectivity index (χ4n) is 1.12. The van der Waals surface area contributed by atoms with E-state index in [2.05, 4.69) is 11.4 Å². The molecule has 1 aromatic rings. The van der Waals surface area contributed by atoms with Gasteiger partial charge in [-0.1, -0.05) is 12.1 Å². The summed E-state index contributed by atoms with van der Waals surface area (Å²) in [6.45, 7) is 0. The van der Waals surface area contributed by atoms with Gasteiger partial charge in [-0.25, -0.2) is 0 Å². The van der Waals surface area contributed by atoms with Gasteiger partial charge in [0.25, 0.3) is 5.91 Å². The van der Waals surface area contributed by atoms with Crippen molar-refractivity contribution in [3.8, 4) is 0 Å². The fraction of sp³-hybridized carbons (Fsp3) is 0.125. The third-order valence-corrected chi connectivity index (χ3v) is 1.70. The van der Waals surface area contributed by atoms with E-state index in [0.717, 1.165) is 0 Å². The number of halogens is 2. The van der Waals surface area contributed by atoms with Gasteiger partial charge >= 0.3 is 5.92 Å². The molecule has 1 N–H and O–H groups in total. The van der Waals surface area contributed by atoms with E-state index in [-0.39, 0.29) is 11.3 Å². The Balaban J connectivity index is 2.63. The molecule has 0 aromatic heterocycles. The molecule has 0 saturated carbocycles. The monoisotopic (exact) mass is 168 g/mol. The van der Waals surface area contributed by atoms with Crippen LogP contribution in [0.1, 0.15) is 5.56 Å². The first-order chi connectivity index (χ1) is 5.62. The largest absolute Gasteiger partial charge is 0.352 e. The van der Waals surface area contributed by atoms with Crippen molar-refractivity contribution < 1.29 is 13.6 Å². The van der Waals surface area contributed by atoms with E-state index >= 15 is 0 Å². The van der Waals surface area contributed by atoms with Gasteiger partial charge in [-0.2, -0.15) is 8.78 Å². The Bertz CT molecular complexity index is 349. The topological polar surface area (TPSA) is 29.1 Å². The highest BCUT2D eigenvalue weighted by molar-refractivity contribution is 6.03. The lowest BCUT2D eigenvalue weighted by Gasteiger charge is -2.04. The summed E-state index contributed by atoms with van der Waals surface area (Å²) >= 11 is 0. The second-order valence-electron chi connectivity index (χ2n) is 2.49. The van der Waals surface area contributed by atoms with Gasteiger partial charge in [0.2, 0.25) is 0 Å². The molecule has 2 rings (SSSR count). The van der Waals surface area contributed by atoms with Crippen molar-refractivity contribution in [2.75, 3.05) is 5.32 Å². The number of nitrogens with one attached hydrogen (secondary N) is 1. The number of fused-ring (bicyclic) bond motifs is 1. The molecule has 1 aliphatic heterocycles. The van der Waals surface area contributed by atoms with Crippen molar-refractivity contribution in [1.82, 2.24) is 0 Å². The number of carbonyl (C=O) groups excluding carboxylic acids is 1. The predicted molar refractivity (Wildman–Crippen MR) is 37.8 cm³/mol. The maximum atomic E-state index is 12.9. The Morgan fingerprint density at radius 1 is 1.50 bits per heavy atom. The van der Waals surface area contributed by atoms with Crippen LogP contribution in [0.15, 0.2) is 18.2 Å². The van der Waals surface area contributed by atoms with Crippen molar-refractivity contribution >= 4 is 11.6 Å². The average molecular weight is 168 g/mol. The van der Waals surface area contributed by atoms with Gasteiger partial charge in [0.1, 0.15) is 0 Å². The highest BCUT2D eigenvalue weighted by atomic mass is 19.3. The lowest BCUT2D eigenvalue weighted by Crippen LogP contribution is -2.23. The van der Waals surface area contributed by atoms with Gasteiger partial charge < -0.3 is 5.32 Å². The standard InChI is InChI=1S/C8H4F2NO/c9-8(10)5-3-1-2-4-6(5)11-7(8)12/h1-2,4H,(H,11,12). The van der Waals surface area contributed by atoms with Crippen molar-refractivity contribution in [2.45, 2.75) is 5.92 Å². The van der Waals surface area contributed by atoms with E-state index in [1.165, 1.54) is 12.1 Å². The number of hydrogen-bond donors (Lipinski definition) is 1. The van der Waals surface area contributed by atoms with E-state index in [1.807, 2.05) is 0 Å². The van der Waals surface area contributed by atoms with Crippen LogP contribution in [0.4, 0.5) is 14.5 Å². The minimum absolute atomic E-state index is 0.146. The minimum Gasteiger partial charge on any atom is -0.320 e. The highest BCUT2D eigenvalue weighted by Crippen LogP contribution is 2.39. The van der Waals surface area contributed by atoms with Crippen LogP contribution in [0.5, 0.6) is 0 Å². The van der Waals surface area contributed by atoms with Gasteiger partial charge in [0.05, 0.1) is 11.3 Å². The van der Waals surface area contributed by atoms with Crippen LogP contribution in [-0.4, -0.2) is 5.91 Å². The molecule has 12 heavy (non-hydrogen) atoms. The van der Waals surface area contributed by atoms with E-state index in [1.54, 1.807) is 6.07 Å². The second kappa shape index (κ2) is 2.03. The molecule has 2 nitrogen and oxygen atoms in total. The molecule has 0 aliphatic carbocycles. The molecule has 0 saturated heterocycles. The third-order valence-electron chi connectivity index (χ3n) is 1.70. The first-order valence-corrected chi connectivity index (χ1v) is 3.33. The summed E-state index contributed by atoms with van der Waals surface area (Å²) in [5.41, 5.74) is -0.220. The van der Waals surface area contributed by atoms with Crippen molar-refractivity contribution in [3.63, 3.8) is 0 Å². The van der Waals surface area contributed by atoms with Crippen molar-refractivity contribution in [3.05, 3.63) is 29.8 Å². The zero-order valence-corrected chi connectivity index (χ0v) is 5.90. The van der Waals surface area contributed by atoms with Gasteiger partial charge in [-0.3, -0.25) is 4.79 Å². The number of alkyl halides is 2. The summed E-state index contributed by atoms with van der Waals surface area (Å²) in [6.07, 6.45) is 0. The zero-order chi connectivity index (χ0) is 8.77. The number of hydrogen-bond acceptors (Lipinski definition) is 1. The summed E-state index contributed by atoms with van der Waals surface area (Å²) < 4.78 is 25.8. The molecule has 1 heterocycles. The molecule has 1 radical (unpaired) electrons. The summed E-state index contributed by atoms with van der Waals surface area (Å²) in [5, 5.41) is 2.07. The Labute approximate surface area is 67.2 Å². The summed E-state index contributed by atoms with van der Waals surface area (Å²) in [5.74, 6) is -4.70. The predicted octanol–water partition coefficient (Wildman–Crippen LogP) is 1.53. The first kappa shape index (κ1) is 7.21. The lowest BCUT2D eigenvalue weighted by atomic mass is 10.1. The number of rotatable bonds is 0. The fourth-order valence-corrected chi connectivity index (χ4v) is 1.12. The minimum atomic E-state index is -3.42. The Morgan fingerprint density at radius 3 is 2.92 bits per heavy atom. The van der Waals surface area contributed by atoms with Crippen LogP contribution in [0.25, 0.3) is 0 Å². The lowest BCUT2D eigenvalue weighted by molar-refractivity contribution is -0.139. The maximum Gasteiger partial charge on any atom is 0.352 e. The smallest absolute Gasteiger partial charge is 0.320 e. The molecule has 1 aromatic carbocycles. The number of benzene rings is 1. The normalized spacial score (nSPS) is 18.7. The third kappa shape index (κ3) is 0.747. The Morgan fingerprint density at radius 2 is 2.25 bits per heavy atom. The van der Waals surface area contributed by atoms with E-state index in [9.17, 15) is 13.6 Å². The second-order valence-corrected chi connectivity index (χ2v) is 2.49. The number of carbonyl (C=O) groups is 1. The molecule has 0 unspecified atom stereocenters. The van der Waals surface area contributed by atoms with Crippen LogP contribution >= 0.6 is 0 Å². The van der Waals surface area contributed by atoms with Crippen molar-refractivity contribution in [2.24, 2.45) is 0 Å². The zero-order valence-electron chi connectivity index (χ0n) is 5.90.